The number of hydrogen-bond donors (Lipinski definition) is 1. The van der Waals surface area contributed by atoms with Gasteiger partial charge in [-0.3, -0.25) is 9.59 Å². The zero-order valence-electron chi connectivity index (χ0n) is 17.8. The number of amides is 2. The van der Waals surface area contributed by atoms with E-state index in [4.69, 9.17) is 26.3 Å². The minimum atomic E-state index is -0.562. The smallest absolute Gasteiger partial charge is 0.282 e. The highest BCUT2D eigenvalue weighted by atomic mass is 35.5. The number of carbonyl (C=O) groups excluding carboxylic acids is 2. The minimum absolute atomic E-state index is 0.0504. The lowest BCUT2D eigenvalue weighted by molar-refractivity contribution is -0.120. The second kappa shape index (κ2) is 9.07. The standard InChI is InChI=1S/C25H18ClN3O4/c1-32-20-6-4-3-5-18(20)22-23(28-19-13-16(26)9-12-21(19)33-2)25(31)29(24(22)30)17-10-7-15(14-27)8-11-17/h3-13,28H,1-2H3. The summed E-state index contributed by atoms with van der Waals surface area (Å²) < 4.78 is 10.8. The van der Waals surface area contributed by atoms with Crippen molar-refractivity contribution in [2.24, 2.45) is 0 Å². The number of imide groups is 1. The molecule has 1 heterocycles. The van der Waals surface area contributed by atoms with Gasteiger partial charge in [-0.05, 0) is 48.5 Å². The Balaban J connectivity index is 1.88. The number of methoxy groups -OCH3 is 2. The highest BCUT2D eigenvalue weighted by Gasteiger charge is 2.41. The lowest BCUT2D eigenvalue weighted by Crippen LogP contribution is -2.32. The van der Waals surface area contributed by atoms with Crippen LogP contribution in [0.2, 0.25) is 5.02 Å². The first-order valence-electron chi connectivity index (χ1n) is 9.85. The molecule has 0 unspecified atom stereocenters. The second-order valence-corrected chi connectivity index (χ2v) is 7.46. The molecule has 0 saturated carbocycles. The molecule has 2 amide bonds. The Bertz CT molecular complexity index is 1330. The van der Waals surface area contributed by atoms with Crippen LogP contribution in [-0.2, 0) is 9.59 Å². The number of benzene rings is 3. The molecule has 0 radical (unpaired) electrons. The topological polar surface area (TPSA) is 91.7 Å². The van der Waals surface area contributed by atoms with Crippen LogP contribution in [0.3, 0.4) is 0 Å². The van der Waals surface area contributed by atoms with Gasteiger partial charge in [-0.15, -0.1) is 0 Å². The predicted molar refractivity (Wildman–Crippen MR) is 125 cm³/mol. The first kappa shape index (κ1) is 21.9. The zero-order chi connectivity index (χ0) is 23.5. The highest BCUT2D eigenvalue weighted by molar-refractivity contribution is 6.46. The summed E-state index contributed by atoms with van der Waals surface area (Å²) in [4.78, 5) is 28.2. The number of nitrogens with one attached hydrogen (secondary N) is 1. The van der Waals surface area contributed by atoms with Gasteiger partial charge in [0.2, 0.25) is 0 Å². The summed E-state index contributed by atoms with van der Waals surface area (Å²) in [6.07, 6.45) is 0. The van der Waals surface area contributed by atoms with Crippen molar-refractivity contribution in [3.05, 3.63) is 88.6 Å². The molecule has 164 valence electrons. The van der Waals surface area contributed by atoms with E-state index in [0.29, 0.717) is 39.0 Å². The van der Waals surface area contributed by atoms with Crippen LogP contribution in [0.15, 0.2) is 72.4 Å². The molecular formula is C25H18ClN3O4. The molecule has 33 heavy (non-hydrogen) atoms. The van der Waals surface area contributed by atoms with E-state index in [2.05, 4.69) is 5.32 Å². The molecule has 7 nitrogen and oxygen atoms in total. The van der Waals surface area contributed by atoms with Crippen LogP contribution in [0.5, 0.6) is 11.5 Å². The molecule has 3 aromatic rings. The van der Waals surface area contributed by atoms with E-state index in [9.17, 15) is 9.59 Å². The molecule has 0 bridgehead atoms. The highest BCUT2D eigenvalue weighted by Crippen LogP contribution is 2.39. The van der Waals surface area contributed by atoms with E-state index in [1.807, 2.05) is 6.07 Å². The first-order valence-corrected chi connectivity index (χ1v) is 10.2. The van der Waals surface area contributed by atoms with Gasteiger partial charge in [0, 0.05) is 10.6 Å². The molecule has 0 saturated heterocycles. The van der Waals surface area contributed by atoms with Crippen molar-refractivity contribution in [3.8, 4) is 17.6 Å². The maximum atomic E-state index is 13.6. The van der Waals surface area contributed by atoms with Crippen molar-refractivity contribution in [1.29, 1.82) is 5.26 Å². The number of hydrogen-bond acceptors (Lipinski definition) is 6. The molecular weight excluding hydrogens is 442 g/mol. The molecule has 0 aromatic heterocycles. The third-order valence-electron chi connectivity index (χ3n) is 5.14. The number of nitrogens with zero attached hydrogens (tertiary/aromatic N) is 2. The summed E-state index contributed by atoms with van der Waals surface area (Å²) in [7, 11) is 2.99. The molecule has 3 aromatic carbocycles. The van der Waals surface area contributed by atoms with Crippen LogP contribution >= 0.6 is 11.6 Å². The molecule has 0 aliphatic carbocycles. The van der Waals surface area contributed by atoms with E-state index in [0.717, 1.165) is 4.90 Å². The fourth-order valence-corrected chi connectivity index (χ4v) is 3.75. The van der Waals surface area contributed by atoms with Gasteiger partial charge in [0.05, 0.1) is 42.8 Å². The van der Waals surface area contributed by atoms with Crippen LogP contribution < -0.4 is 19.7 Å². The third-order valence-corrected chi connectivity index (χ3v) is 5.37. The average molecular weight is 460 g/mol. The van der Waals surface area contributed by atoms with Crippen LogP contribution in [-0.4, -0.2) is 26.0 Å². The molecule has 0 fully saturated rings. The van der Waals surface area contributed by atoms with E-state index in [1.165, 1.54) is 14.2 Å². The van der Waals surface area contributed by atoms with Gasteiger partial charge in [0.25, 0.3) is 11.8 Å². The fraction of sp³-hybridized carbons (Fsp3) is 0.0800. The number of rotatable bonds is 6. The van der Waals surface area contributed by atoms with Gasteiger partial charge < -0.3 is 14.8 Å². The predicted octanol–water partition coefficient (Wildman–Crippen LogP) is 4.63. The Labute approximate surface area is 195 Å². The van der Waals surface area contributed by atoms with Gasteiger partial charge in [-0.1, -0.05) is 29.8 Å². The Kier molecular flexibility index (Phi) is 6.03. The van der Waals surface area contributed by atoms with Crippen LogP contribution in [0.25, 0.3) is 5.57 Å². The second-order valence-electron chi connectivity index (χ2n) is 7.02. The molecule has 0 atom stereocenters. The summed E-state index contributed by atoms with van der Waals surface area (Å²) in [5, 5.41) is 12.6. The van der Waals surface area contributed by atoms with E-state index < -0.39 is 11.8 Å². The summed E-state index contributed by atoms with van der Waals surface area (Å²) >= 11 is 6.16. The quantitative estimate of drug-likeness (QED) is 0.540. The Morgan fingerprint density at radius 2 is 1.61 bits per heavy atom. The molecule has 0 spiro atoms. The number of halogens is 1. The fourth-order valence-electron chi connectivity index (χ4n) is 3.58. The number of nitriles is 1. The molecule has 1 aliphatic rings. The number of para-hydroxylation sites is 1. The number of ether oxygens (including phenoxy) is 2. The van der Waals surface area contributed by atoms with Crippen molar-refractivity contribution >= 4 is 40.4 Å². The Hall–Kier alpha value is -4.28. The normalized spacial score (nSPS) is 13.2. The van der Waals surface area contributed by atoms with Gasteiger partial charge in [-0.2, -0.15) is 5.26 Å². The zero-order valence-corrected chi connectivity index (χ0v) is 18.5. The van der Waals surface area contributed by atoms with Gasteiger partial charge in [-0.25, -0.2) is 4.90 Å². The summed E-state index contributed by atoms with van der Waals surface area (Å²) in [5.74, 6) is -0.207. The van der Waals surface area contributed by atoms with Crippen LogP contribution in [0, 0.1) is 11.3 Å². The lowest BCUT2D eigenvalue weighted by atomic mass is 10.0. The summed E-state index contributed by atoms with van der Waals surface area (Å²) in [6.45, 7) is 0. The van der Waals surface area contributed by atoms with Crippen molar-refractivity contribution in [2.45, 2.75) is 0 Å². The van der Waals surface area contributed by atoms with Crippen molar-refractivity contribution in [3.63, 3.8) is 0 Å². The SMILES string of the molecule is COc1ccc(Cl)cc1NC1=C(c2ccccc2OC)C(=O)N(c2ccc(C#N)cc2)C1=O. The van der Waals surface area contributed by atoms with Gasteiger partial charge >= 0.3 is 0 Å². The van der Waals surface area contributed by atoms with Crippen LogP contribution in [0.4, 0.5) is 11.4 Å². The molecule has 1 N–H and O–H groups in total. The van der Waals surface area contributed by atoms with Crippen molar-refractivity contribution in [2.75, 3.05) is 24.4 Å². The van der Waals surface area contributed by atoms with Crippen molar-refractivity contribution < 1.29 is 19.1 Å². The molecule has 4 rings (SSSR count). The minimum Gasteiger partial charge on any atom is -0.496 e. The maximum absolute atomic E-state index is 13.6. The summed E-state index contributed by atoms with van der Waals surface area (Å²) in [6, 6.07) is 20.1. The first-order chi connectivity index (χ1) is 16.0. The number of carbonyl (C=O) groups is 2. The van der Waals surface area contributed by atoms with Crippen molar-refractivity contribution in [1.82, 2.24) is 0 Å². The van der Waals surface area contributed by atoms with E-state index in [1.54, 1.807) is 66.7 Å². The molecule has 8 heteroatoms. The maximum Gasteiger partial charge on any atom is 0.282 e. The Morgan fingerprint density at radius 1 is 0.909 bits per heavy atom. The average Bonchev–Trinajstić information content (AvgIpc) is 3.08. The Morgan fingerprint density at radius 3 is 2.27 bits per heavy atom. The van der Waals surface area contributed by atoms with E-state index >= 15 is 0 Å². The monoisotopic (exact) mass is 459 g/mol. The third kappa shape index (κ3) is 4.00. The lowest BCUT2D eigenvalue weighted by Gasteiger charge is -2.16. The van der Waals surface area contributed by atoms with Gasteiger partial charge in [0.1, 0.15) is 17.2 Å². The van der Waals surface area contributed by atoms with E-state index in [-0.39, 0.29) is 11.3 Å². The van der Waals surface area contributed by atoms with Gasteiger partial charge in [0.15, 0.2) is 0 Å². The van der Waals surface area contributed by atoms with Crippen LogP contribution in [0.1, 0.15) is 11.1 Å². The molecule has 1 aliphatic heterocycles. The summed E-state index contributed by atoms with van der Waals surface area (Å²) in [5.41, 5.74) is 1.83. The largest absolute Gasteiger partial charge is 0.496 e. The number of anilines is 2.